The highest BCUT2D eigenvalue weighted by molar-refractivity contribution is 5.80. The number of nitriles is 1. The lowest BCUT2D eigenvalue weighted by Gasteiger charge is -2.50. The van der Waals surface area contributed by atoms with Gasteiger partial charge in [0.05, 0.1) is 11.6 Å². The van der Waals surface area contributed by atoms with Crippen LogP contribution in [0.2, 0.25) is 0 Å². The summed E-state index contributed by atoms with van der Waals surface area (Å²) >= 11 is 0. The van der Waals surface area contributed by atoms with E-state index in [9.17, 15) is 20.0 Å². The van der Waals surface area contributed by atoms with Crippen LogP contribution in [0.15, 0.2) is 18.2 Å². The molecule has 0 saturated heterocycles. The Labute approximate surface area is 152 Å². The van der Waals surface area contributed by atoms with E-state index in [0.29, 0.717) is 29.7 Å². The van der Waals surface area contributed by atoms with Crippen molar-refractivity contribution in [3.63, 3.8) is 0 Å². The van der Waals surface area contributed by atoms with Gasteiger partial charge >= 0.3 is 0 Å². The summed E-state index contributed by atoms with van der Waals surface area (Å²) in [6.07, 6.45) is 3.27. The average molecular weight is 357 g/mol. The minimum atomic E-state index is -1.01. The zero-order valence-electron chi connectivity index (χ0n) is 15.0. The quantitative estimate of drug-likeness (QED) is 0.748. The number of amides is 2. The zero-order valence-corrected chi connectivity index (χ0v) is 15.0. The van der Waals surface area contributed by atoms with Crippen LogP contribution in [0.4, 0.5) is 0 Å². The number of aliphatic hydroxyl groups is 1. The Bertz CT molecular complexity index is 765. The molecule has 138 valence electrons. The Morgan fingerprint density at radius 2 is 2.00 bits per heavy atom. The molecule has 7 heteroatoms. The summed E-state index contributed by atoms with van der Waals surface area (Å²) in [6.45, 7) is 2.64. The van der Waals surface area contributed by atoms with E-state index in [-0.39, 0.29) is 0 Å². The average Bonchev–Trinajstić information content (AvgIpc) is 2.61. The van der Waals surface area contributed by atoms with Gasteiger partial charge in [-0.3, -0.25) is 15.0 Å². The van der Waals surface area contributed by atoms with Crippen molar-refractivity contribution < 1.29 is 19.4 Å². The molecule has 0 radical (unpaired) electrons. The molecular formula is C19H23N3O4. The van der Waals surface area contributed by atoms with Gasteiger partial charge in [0.1, 0.15) is 23.5 Å². The second kappa shape index (κ2) is 6.96. The summed E-state index contributed by atoms with van der Waals surface area (Å²) in [4.78, 5) is 23.9. The molecule has 1 heterocycles. The van der Waals surface area contributed by atoms with Crippen molar-refractivity contribution in [2.45, 2.75) is 63.7 Å². The van der Waals surface area contributed by atoms with Crippen LogP contribution in [-0.2, 0) is 9.59 Å². The molecule has 1 aliphatic heterocycles. The van der Waals surface area contributed by atoms with Crippen LogP contribution in [0.25, 0.3) is 0 Å². The molecule has 1 aliphatic carbocycles. The molecule has 26 heavy (non-hydrogen) atoms. The fourth-order valence-electron chi connectivity index (χ4n) is 4.02. The first kappa shape index (κ1) is 18.2. The summed E-state index contributed by atoms with van der Waals surface area (Å²) in [5, 5.41) is 21.6. The van der Waals surface area contributed by atoms with E-state index in [1.807, 2.05) is 0 Å². The maximum absolute atomic E-state index is 12.3. The van der Waals surface area contributed by atoms with Crippen molar-refractivity contribution >= 4 is 11.8 Å². The summed E-state index contributed by atoms with van der Waals surface area (Å²) in [5.74, 6) is -0.266. The lowest BCUT2D eigenvalue weighted by molar-refractivity contribution is -0.162. The Kier molecular flexibility index (Phi) is 4.88. The predicted molar refractivity (Wildman–Crippen MR) is 92.7 cm³/mol. The number of hydrogen-bond acceptors (Lipinski definition) is 5. The third-order valence-electron chi connectivity index (χ3n) is 5.20. The van der Waals surface area contributed by atoms with Crippen molar-refractivity contribution in [2.75, 3.05) is 0 Å². The molecule has 3 rings (SSSR count). The summed E-state index contributed by atoms with van der Waals surface area (Å²) < 4.78 is 6.23. The van der Waals surface area contributed by atoms with E-state index in [0.717, 1.165) is 24.3 Å². The van der Waals surface area contributed by atoms with Crippen LogP contribution in [0.5, 0.6) is 5.75 Å². The van der Waals surface area contributed by atoms with Crippen molar-refractivity contribution in [3.05, 3.63) is 29.3 Å². The van der Waals surface area contributed by atoms with E-state index in [1.165, 1.54) is 13.8 Å². The van der Waals surface area contributed by atoms with Crippen molar-refractivity contribution in [2.24, 2.45) is 0 Å². The molecule has 2 atom stereocenters. The lowest BCUT2D eigenvalue weighted by atomic mass is 9.74. The van der Waals surface area contributed by atoms with Gasteiger partial charge in [-0.25, -0.2) is 5.01 Å². The fraction of sp³-hybridized carbons (Fsp3) is 0.526. The molecule has 0 aromatic heterocycles. The Morgan fingerprint density at radius 1 is 1.31 bits per heavy atom. The van der Waals surface area contributed by atoms with Crippen molar-refractivity contribution in [1.82, 2.24) is 10.4 Å². The lowest BCUT2D eigenvalue weighted by Crippen LogP contribution is -2.61. The first-order chi connectivity index (χ1) is 12.4. The molecule has 0 bridgehead atoms. The van der Waals surface area contributed by atoms with Gasteiger partial charge in [-0.2, -0.15) is 5.26 Å². The molecule has 0 unspecified atom stereocenters. The largest absolute Gasteiger partial charge is 0.484 e. The number of carbonyl (C=O) groups excluding carboxylic acids is 2. The molecule has 1 saturated carbocycles. The third-order valence-corrected chi connectivity index (χ3v) is 5.20. The number of hydrogen-bond donors (Lipinski definition) is 2. The highest BCUT2D eigenvalue weighted by Crippen LogP contribution is 2.48. The number of ether oxygens (including phenoxy) is 1. The smallest absolute Gasteiger partial charge is 0.238 e. The van der Waals surface area contributed by atoms with Crippen LogP contribution in [0, 0.1) is 11.3 Å². The summed E-state index contributed by atoms with van der Waals surface area (Å²) in [6, 6.07) is 6.22. The van der Waals surface area contributed by atoms with Gasteiger partial charge in [-0.15, -0.1) is 0 Å². The van der Waals surface area contributed by atoms with Crippen LogP contribution in [-0.4, -0.2) is 33.6 Å². The van der Waals surface area contributed by atoms with E-state index in [4.69, 9.17) is 4.74 Å². The van der Waals surface area contributed by atoms with Gasteiger partial charge in [0.25, 0.3) is 0 Å². The Hall–Kier alpha value is -2.59. The number of carbonyl (C=O) groups is 2. The standard InChI is InChI=1S/C19H23N3O4/c1-12(23)21-22(13(2)24)17-15-10-14(11-20)6-7-16(15)26-19(18(17)25)8-4-3-5-9-19/h6-7,10,17-18,25H,3-5,8-9H2,1-2H3,(H,21,23)/t17-,18+/m1/s1. The first-order valence-electron chi connectivity index (χ1n) is 8.86. The van der Waals surface area contributed by atoms with Crippen LogP contribution < -0.4 is 10.2 Å². The minimum Gasteiger partial charge on any atom is -0.484 e. The van der Waals surface area contributed by atoms with Gasteiger partial charge in [0.15, 0.2) is 0 Å². The summed E-state index contributed by atoms with van der Waals surface area (Å²) in [7, 11) is 0. The van der Waals surface area contributed by atoms with Crippen molar-refractivity contribution in [3.8, 4) is 11.8 Å². The van der Waals surface area contributed by atoms with E-state index in [2.05, 4.69) is 11.5 Å². The molecular weight excluding hydrogens is 334 g/mol. The topological polar surface area (TPSA) is 103 Å². The summed E-state index contributed by atoms with van der Waals surface area (Å²) in [5.41, 5.74) is 2.65. The minimum absolute atomic E-state index is 0.398. The number of rotatable bonds is 1. The van der Waals surface area contributed by atoms with Crippen molar-refractivity contribution in [1.29, 1.82) is 5.26 Å². The van der Waals surface area contributed by atoms with E-state index < -0.39 is 29.6 Å². The molecule has 2 amide bonds. The molecule has 1 spiro atoms. The SMILES string of the molecule is CC(=O)NN(C(C)=O)[C@@H]1c2cc(C#N)ccc2OC2(CCCCC2)[C@H]1O. The second-order valence-corrected chi connectivity index (χ2v) is 7.04. The third kappa shape index (κ3) is 3.13. The highest BCUT2D eigenvalue weighted by atomic mass is 16.5. The molecule has 2 N–H and O–H groups in total. The normalized spacial score (nSPS) is 23.3. The van der Waals surface area contributed by atoms with Crippen LogP contribution >= 0.6 is 0 Å². The Morgan fingerprint density at radius 3 is 2.58 bits per heavy atom. The number of nitrogens with one attached hydrogen (secondary N) is 1. The number of hydrazine groups is 1. The second-order valence-electron chi connectivity index (χ2n) is 7.04. The van der Waals surface area contributed by atoms with Crippen LogP contribution in [0.3, 0.4) is 0 Å². The van der Waals surface area contributed by atoms with Gasteiger partial charge in [-0.05, 0) is 43.9 Å². The number of fused-ring (bicyclic) bond motifs is 1. The molecule has 2 aliphatic rings. The monoisotopic (exact) mass is 357 g/mol. The Balaban J connectivity index is 2.13. The van der Waals surface area contributed by atoms with Gasteiger partial charge in [0, 0.05) is 19.4 Å². The molecule has 7 nitrogen and oxygen atoms in total. The molecule has 1 fully saturated rings. The predicted octanol–water partition coefficient (Wildman–Crippen LogP) is 1.96. The maximum atomic E-state index is 12.3. The first-order valence-corrected chi connectivity index (χ1v) is 8.86. The van der Waals surface area contributed by atoms with Crippen LogP contribution in [0.1, 0.15) is 63.1 Å². The number of benzene rings is 1. The maximum Gasteiger partial charge on any atom is 0.238 e. The van der Waals surface area contributed by atoms with Gasteiger partial charge in [0.2, 0.25) is 11.8 Å². The zero-order chi connectivity index (χ0) is 18.9. The number of aliphatic hydroxyl groups excluding tert-OH is 1. The van der Waals surface area contributed by atoms with Gasteiger partial charge < -0.3 is 9.84 Å². The van der Waals surface area contributed by atoms with Gasteiger partial charge in [-0.1, -0.05) is 6.42 Å². The number of nitrogens with zero attached hydrogens (tertiary/aromatic N) is 2. The van der Waals surface area contributed by atoms with E-state index >= 15 is 0 Å². The molecule has 1 aromatic carbocycles. The molecule has 1 aromatic rings. The van der Waals surface area contributed by atoms with E-state index in [1.54, 1.807) is 18.2 Å². The highest BCUT2D eigenvalue weighted by Gasteiger charge is 2.52. The fourth-order valence-corrected chi connectivity index (χ4v) is 4.02.